The van der Waals surface area contributed by atoms with Crippen molar-refractivity contribution in [3.8, 4) is 0 Å². The Morgan fingerprint density at radius 1 is 1.53 bits per heavy atom. The summed E-state index contributed by atoms with van der Waals surface area (Å²) in [6, 6.07) is 1.92. The van der Waals surface area contributed by atoms with E-state index in [2.05, 4.69) is 32.7 Å². The van der Waals surface area contributed by atoms with Crippen molar-refractivity contribution in [1.82, 2.24) is 14.8 Å². The molecule has 0 unspecified atom stereocenters. The molecule has 2 aromatic heterocycles. The van der Waals surface area contributed by atoms with Crippen LogP contribution >= 0.6 is 22.6 Å². The first-order valence-corrected chi connectivity index (χ1v) is 5.74. The van der Waals surface area contributed by atoms with Crippen molar-refractivity contribution in [2.24, 2.45) is 0 Å². The zero-order valence-electron chi connectivity index (χ0n) is 8.61. The third kappa shape index (κ3) is 2.46. The molecule has 2 aromatic rings. The summed E-state index contributed by atoms with van der Waals surface area (Å²) in [6.45, 7) is 3.99. The van der Waals surface area contributed by atoms with Gasteiger partial charge in [-0.05, 0) is 42.5 Å². The Kier molecular flexibility index (Phi) is 2.68. The summed E-state index contributed by atoms with van der Waals surface area (Å²) in [5, 5.41) is 14.1. The number of aliphatic hydroxyl groups is 1. The van der Waals surface area contributed by atoms with E-state index in [4.69, 9.17) is 0 Å². The standard InChI is InChI=1S/C10H12IN3O/c1-10(2,15)6-14-5-8-9(13-14)7(11)3-4-12-8/h3-5,15H,6H2,1-2H3. The Balaban J connectivity index is 2.44. The molecule has 0 amide bonds. The van der Waals surface area contributed by atoms with Gasteiger partial charge in [-0.1, -0.05) is 0 Å². The molecule has 2 heterocycles. The van der Waals surface area contributed by atoms with Crippen LogP contribution in [-0.2, 0) is 6.54 Å². The number of halogens is 1. The minimum absolute atomic E-state index is 0.472. The fourth-order valence-electron chi connectivity index (χ4n) is 1.41. The number of hydrogen-bond donors (Lipinski definition) is 1. The van der Waals surface area contributed by atoms with Crippen molar-refractivity contribution in [2.45, 2.75) is 26.0 Å². The molecular weight excluding hydrogens is 305 g/mol. The van der Waals surface area contributed by atoms with Gasteiger partial charge < -0.3 is 5.11 Å². The van der Waals surface area contributed by atoms with Crippen LogP contribution in [0.2, 0.25) is 0 Å². The minimum Gasteiger partial charge on any atom is -0.389 e. The molecule has 2 rings (SSSR count). The molecule has 15 heavy (non-hydrogen) atoms. The average molecular weight is 317 g/mol. The first kappa shape index (κ1) is 10.8. The van der Waals surface area contributed by atoms with E-state index in [-0.39, 0.29) is 0 Å². The predicted molar refractivity (Wildman–Crippen MR) is 66.5 cm³/mol. The van der Waals surface area contributed by atoms with Gasteiger partial charge in [0.1, 0.15) is 11.0 Å². The fourth-order valence-corrected chi connectivity index (χ4v) is 1.96. The van der Waals surface area contributed by atoms with Crippen molar-refractivity contribution in [2.75, 3.05) is 0 Å². The summed E-state index contributed by atoms with van der Waals surface area (Å²) in [4.78, 5) is 4.22. The first-order valence-electron chi connectivity index (χ1n) is 4.66. The third-order valence-corrected chi connectivity index (χ3v) is 2.82. The van der Waals surface area contributed by atoms with Gasteiger partial charge in [-0.3, -0.25) is 9.67 Å². The molecule has 0 atom stereocenters. The molecule has 0 saturated heterocycles. The van der Waals surface area contributed by atoms with Gasteiger partial charge in [0.2, 0.25) is 0 Å². The maximum atomic E-state index is 9.68. The molecule has 0 spiro atoms. The second-order valence-electron chi connectivity index (χ2n) is 4.17. The average Bonchev–Trinajstić information content (AvgIpc) is 2.45. The highest BCUT2D eigenvalue weighted by Gasteiger charge is 2.15. The second-order valence-corrected chi connectivity index (χ2v) is 5.33. The van der Waals surface area contributed by atoms with Crippen LogP contribution in [0, 0.1) is 3.57 Å². The van der Waals surface area contributed by atoms with E-state index in [1.807, 2.05) is 12.3 Å². The predicted octanol–water partition coefficient (Wildman–Crippen LogP) is 1.81. The molecule has 5 heteroatoms. The van der Waals surface area contributed by atoms with E-state index in [1.165, 1.54) is 0 Å². The summed E-state index contributed by atoms with van der Waals surface area (Å²) in [5.74, 6) is 0. The quantitative estimate of drug-likeness (QED) is 0.860. The Bertz CT molecular complexity index is 487. The Morgan fingerprint density at radius 2 is 2.27 bits per heavy atom. The molecule has 0 aliphatic carbocycles. The molecule has 80 valence electrons. The van der Waals surface area contributed by atoms with Crippen molar-refractivity contribution >= 4 is 33.6 Å². The van der Waals surface area contributed by atoms with E-state index < -0.39 is 5.60 Å². The second kappa shape index (κ2) is 3.71. The highest BCUT2D eigenvalue weighted by Crippen LogP contribution is 2.17. The van der Waals surface area contributed by atoms with Gasteiger partial charge in [0.15, 0.2) is 0 Å². The SMILES string of the molecule is CC(C)(O)Cn1cc2nccc(I)c2n1. The number of rotatable bonds is 2. The molecule has 0 radical (unpaired) electrons. The van der Waals surface area contributed by atoms with E-state index >= 15 is 0 Å². The van der Waals surface area contributed by atoms with Gasteiger partial charge in [0.25, 0.3) is 0 Å². The molecule has 0 aliphatic heterocycles. The van der Waals surface area contributed by atoms with Crippen LogP contribution in [-0.4, -0.2) is 25.5 Å². The molecule has 0 saturated carbocycles. The number of hydrogen-bond acceptors (Lipinski definition) is 3. The lowest BCUT2D eigenvalue weighted by Crippen LogP contribution is -2.26. The fraction of sp³-hybridized carbons (Fsp3) is 0.400. The topological polar surface area (TPSA) is 50.9 Å². The Labute approximate surface area is 101 Å². The number of pyridine rings is 1. The maximum absolute atomic E-state index is 9.68. The summed E-state index contributed by atoms with van der Waals surface area (Å²) in [6.07, 6.45) is 3.62. The minimum atomic E-state index is -0.756. The molecule has 1 N–H and O–H groups in total. The molecule has 0 aliphatic rings. The number of fused-ring (bicyclic) bond motifs is 1. The van der Waals surface area contributed by atoms with E-state index in [9.17, 15) is 5.11 Å². The lowest BCUT2D eigenvalue weighted by molar-refractivity contribution is 0.0580. The van der Waals surface area contributed by atoms with E-state index in [0.29, 0.717) is 6.54 Å². The third-order valence-electron chi connectivity index (χ3n) is 1.95. The lowest BCUT2D eigenvalue weighted by atomic mass is 10.1. The summed E-state index contributed by atoms with van der Waals surface area (Å²) in [5.41, 5.74) is 1.00. The normalized spacial score (nSPS) is 12.3. The number of aromatic nitrogens is 3. The van der Waals surface area contributed by atoms with Crippen LogP contribution < -0.4 is 0 Å². The zero-order valence-corrected chi connectivity index (χ0v) is 10.8. The van der Waals surface area contributed by atoms with Crippen molar-refractivity contribution in [3.05, 3.63) is 22.0 Å². The van der Waals surface area contributed by atoms with Gasteiger partial charge in [0, 0.05) is 9.77 Å². The van der Waals surface area contributed by atoms with Gasteiger partial charge in [0.05, 0.1) is 18.3 Å². The van der Waals surface area contributed by atoms with Crippen molar-refractivity contribution in [1.29, 1.82) is 0 Å². The molecule has 0 aromatic carbocycles. The zero-order chi connectivity index (χ0) is 11.1. The Morgan fingerprint density at radius 3 is 2.87 bits per heavy atom. The van der Waals surface area contributed by atoms with Crippen LogP contribution in [0.15, 0.2) is 18.5 Å². The van der Waals surface area contributed by atoms with Crippen LogP contribution in [0.3, 0.4) is 0 Å². The van der Waals surface area contributed by atoms with E-state index in [0.717, 1.165) is 14.6 Å². The Hall–Kier alpha value is -0.690. The first-order chi connectivity index (χ1) is 6.96. The van der Waals surface area contributed by atoms with Crippen molar-refractivity contribution < 1.29 is 5.11 Å². The van der Waals surface area contributed by atoms with Crippen LogP contribution in [0.1, 0.15) is 13.8 Å². The van der Waals surface area contributed by atoms with Crippen LogP contribution in [0.5, 0.6) is 0 Å². The van der Waals surface area contributed by atoms with Gasteiger partial charge >= 0.3 is 0 Å². The van der Waals surface area contributed by atoms with Gasteiger partial charge in [-0.15, -0.1) is 0 Å². The summed E-state index contributed by atoms with van der Waals surface area (Å²) >= 11 is 2.23. The monoisotopic (exact) mass is 317 g/mol. The van der Waals surface area contributed by atoms with Crippen LogP contribution in [0.25, 0.3) is 11.0 Å². The highest BCUT2D eigenvalue weighted by atomic mass is 127. The van der Waals surface area contributed by atoms with Gasteiger partial charge in [-0.25, -0.2) is 0 Å². The van der Waals surface area contributed by atoms with Gasteiger partial charge in [-0.2, -0.15) is 5.10 Å². The smallest absolute Gasteiger partial charge is 0.124 e. The molecule has 4 nitrogen and oxygen atoms in total. The molecule has 0 bridgehead atoms. The molecule has 0 fully saturated rings. The van der Waals surface area contributed by atoms with Crippen molar-refractivity contribution in [3.63, 3.8) is 0 Å². The molecular formula is C10H12IN3O. The lowest BCUT2D eigenvalue weighted by Gasteiger charge is -2.16. The summed E-state index contributed by atoms with van der Waals surface area (Å²) < 4.78 is 2.81. The largest absolute Gasteiger partial charge is 0.389 e. The number of nitrogens with zero attached hydrogens (tertiary/aromatic N) is 3. The highest BCUT2D eigenvalue weighted by molar-refractivity contribution is 14.1. The maximum Gasteiger partial charge on any atom is 0.124 e. The van der Waals surface area contributed by atoms with Crippen LogP contribution in [0.4, 0.5) is 0 Å². The van der Waals surface area contributed by atoms with E-state index in [1.54, 1.807) is 24.7 Å². The summed E-state index contributed by atoms with van der Waals surface area (Å²) in [7, 11) is 0.